The zero-order chi connectivity index (χ0) is 13.0. The molecule has 1 atom stereocenters. The lowest BCUT2D eigenvalue weighted by atomic mass is 10.0. The van der Waals surface area contributed by atoms with Crippen LogP contribution in [-0.2, 0) is 6.54 Å². The van der Waals surface area contributed by atoms with Crippen molar-refractivity contribution in [1.82, 2.24) is 9.55 Å². The molecule has 0 bridgehead atoms. The van der Waals surface area contributed by atoms with Gasteiger partial charge >= 0.3 is 0 Å². The standard InChI is InChI=1S/C14H25N3/c1-6-8-11(5)12-13(15)17(9-7-2)14(16-12)10(3)4/h7,10-11H,2,6,8-9,15H2,1,3-5H3. The van der Waals surface area contributed by atoms with E-state index in [1.54, 1.807) is 0 Å². The Morgan fingerprint density at radius 1 is 1.41 bits per heavy atom. The van der Waals surface area contributed by atoms with Crippen LogP contribution >= 0.6 is 0 Å². The summed E-state index contributed by atoms with van der Waals surface area (Å²) >= 11 is 0. The summed E-state index contributed by atoms with van der Waals surface area (Å²) in [6, 6.07) is 0. The number of imidazole rings is 1. The van der Waals surface area contributed by atoms with Crippen molar-refractivity contribution in [2.45, 2.75) is 58.9 Å². The first-order valence-electron chi connectivity index (χ1n) is 6.49. The Balaban J connectivity index is 3.15. The molecule has 0 aliphatic heterocycles. The molecule has 0 amide bonds. The van der Waals surface area contributed by atoms with E-state index in [1.165, 1.54) is 0 Å². The third-order valence-corrected chi connectivity index (χ3v) is 3.08. The fourth-order valence-corrected chi connectivity index (χ4v) is 2.20. The highest BCUT2D eigenvalue weighted by molar-refractivity contribution is 5.41. The molecule has 17 heavy (non-hydrogen) atoms. The summed E-state index contributed by atoms with van der Waals surface area (Å²) in [6.07, 6.45) is 4.16. The zero-order valence-electron chi connectivity index (χ0n) is 11.5. The van der Waals surface area contributed by atoms with E-state index in [0.717, 1.165) is 36.7 Å². The number of hydrogen-bond donors (Lipinski definition) is 1. The van der Waals surface area contributed by atoms with Crippen LogP contribution in [0.2, 0.25) is 0 Å². The van der Waals surface area contributed by atoms with Gasteiger partial charge in [-0.3, -0.25) is 0 Å². The monoisotopic (exact) mass is 235 g/mol. The summed E-state index contributed by atoms with van der Waals surface area (Å²) in [5.74, 6) is 2.71. The van der Waals surface area contributed by atoms with Gasteiger partial charge < -0.3 is 10.3 Å². The fraction of sp³-hybridized carbons (Fsp3) is 0.643. The van der Waals surface area contributed by atoms with Crippen molar-refractivity contribution in [2.24, 2.45) is 0 Å². The summed E-state index contributed by atoms with van der Waals surface area (Å²) < 4.78 is 2.08. The third kappa shape index (κ3) is 2.90. The molecule has 0 saturated carbocycles. The van der Waals surface area contributed by atoms with E-state index >= 15 is 0 Å². The molecule has 0 radical (unpaired) electrons. The molecule has 0 aliphatic carbocycles. The van der Waals surface area contributed by atoms with Crippen molar-refractivity contribution in [3.8, 4) is 0 Å². The molecule has 1 heterocycles. The highest BCUT2D eigenvalue weighted by atomic mass is 15.1. The molecule has 0 aliphatic rings. The van der Waals surface area contributed by atoms with E-state index in [-0.39, 0.29) is 0 Å². The minimum Gasteiger partial charge on any atom is -0.384 e. The molecular formula is C14H25N3. The Kier molecular flexibility index (Phi) is 4.79. The van der Waals surface area contributed by atoms with E-state index in [2.05, 4.69) is 38.8 Å². The number of nitrogen functional groups attached to an aromatic ring is 1. The average Bonchev–Trinajstić information content (AvgIpc) is 2.58. The van der Waals surface area contributed by atoms with Crippen LogP contribution in [0.1, 0.15) is 63.9 Å². The predicted octanol–water partition coefficient (Wildman–Crippen LogP) is 3.68. The van der Waals surface area contributed by atoms with Crippen LogP contribution in [0.4, 0.5) is 5.82 Å². The Labute approximate surface area is 105 Å². The summed E-state index contributed by atoms with van der Waals surface area (Å²) in [5.41, 5.74) is 7.27. The molecule has 0 fully saturated rings. The number of allylic oxidation sites excluding steroid dienone is 1. The maximum absolute atomic E-state index is 6.21. The number of rotatable bonds is 6. The minimum absolute atomic E-state index is 0.389. The van der Waals surface area contributed by atoms with Crippen molar-refractivity contribution < 1.29 is 0 Å². The molecule has 1 rings (SSSR count). The van der Waals surface area contributed by atoms with Gasteiger partial charge in [-0.25, -0.2) is 4.98 Å². The molecule has 1 aromatic heterocycles. The normalized spacial score (nSPS) is 13.0. The topological polar surface area (TPSA) is 43.8 Å². The number of nitrogens with zero attached hydrogens (tertiary/aromatic N) is 2. The molecule has 3 heteroatoms. The number of hydrogen-bond acceptors (Lipinski definition) is 2. The zero-order valence-corrected chi connectivity index (χ0v) is 11.5. The second-order valence-corrected chi connectivity index (χ2v) is 4.98. The smallest absolute Gasteiger partial charge is 0.127 e. The Morgan fingerprint density at radius 3 is 2.53 bits per heavy atom. The van der Waals surface area contributed by atoms with Gasteiger partial charge in [0.2, 0.25) is 0 Å². The van der Waals surface area contributed by atoms with Gasteiger partial charge in [0.15, 0.2) is 0 Å². The Bertz CT molecular complexity index is 377. The molecule has 1 unspecified atom stereocenters. The molecule has 0 spiro atoms. The Hall–Kier alpha value is -1.25. The van der Waals surface area contributed by atoms with Crippen LogP contribution in [-0.4, -0.2) is 9.55 Å². The van der Waals surface area contributed by atoms with Gasteiger partial charge in [-0.2, -0.15) is 0 Å². The lowest BCUT2D eigenvalue weighted by Gasteiger charge is -2.10. The molecular weight excluding hydrogens is 210 g/mol. The van der Waals surface area contributed by atoms with Crippen molar-refractivity contribution >= 4 is 5.82 Å². The molecule has 2 N–H and O–H groups in total. The molecule has 3 nitrogen and oxygen atoms in total. The highest BCUT2D eigenvalue weighted by Gasteiger charge is 2.19. The van der Waals surface area contributed by atoms with Crippen LogP contribution in [0, 0.1) is 0 Å². The van der Waals surface area contributed by atoms with E-state index in [4.69, 9.17) is 10.7 Å². The summed E-state index contributed by atoms with van der Waals surface area (Å²) in [6.45, 7) is 13.2. The van der Waals surface area contributed by atoms with Gasteiger partial charge in [0.25, 0.3) is 0 Å². The van der Waals surface area contributed by atoms with E-state index in [1.807, 2.05) is 6.08 Å². The number of nitrogens with two attached hydrogens (primary N) is 1. The van der Waals surface area contributed by atoms with Crippen LogP contribution in [0.5, 0.6) is 0 Å². The predicted molar refractivity (Wildman–Crippen MR) is 74.2 cm³/mol. The average molecular weight is 235 g/mol. The molecule has 96 valence electrons. The summed E-state index contributed by atoms with van der Waals surface area (Å²) in [5, 5.41) is 0. The summed E-state index contributed by atoms with van der Waals surface area (Å²) in [7, 11) is 0. The van der Waals surface area contributed by atoms with Crippen molar-refractivity contribution in [3.63, 3.8) is 0 Å². The van der Waals surface area contributed by atoms with Crippen molar-refractivity contribution in [2.75, 3.05) is 5.73 Å². The second-order valence-electron chi connectivity index (χ2n) is 4.98. The van der Waals surface area contributed by atoms with Gasteiger partial charge in [0.05, 0.1) is 5.69 Å². The SMILES string of the molecule is C=CCn1c(C(C)C)nc(C(C)CCC)c1N. The maximum Gasteiger partial charge on any atom is 0.127 e. The van der Waals surface area contributed by atoms with Gasteiger partial charge in [0.1, 0.15) is 11.6 Å². The first-order valence-corrected chi connectivity index (χ1v) is 6.49. The quantitative estimate of drug-likeness (QED) is 0.764. The lowest BCUT2D eigenvalue weighted by Crippen LogP contribution is -2.07. The van der Waals surface area contributed by atoms with Crippen molar-refractivity contribution in [1.29, 1.82) is 0 Å². The van der Waals surface area contributed by atoms with E-state index < -0.39 is 0 Å². The van der Waals surface area contributed by atoms with E-state index in [9.17, 15) is 0 Å². The van der Waals surface area contributed by atoms with Gasteiger partial charge in [-0.05, 0) is 6.42 Å². The van der Waals surface area contributed by atoms with Gasteiger partial charge in [-0.15, -0.1) is 6.58 Å². The summed E-state index contributed by atoms with van der Waals surface area (Å²) in [4.78, 5) is 4.74. The minimum atomic E-state index is 0.389. The van der Waals surface area contributed by atoms with Crippen LogP contribution in [0.3, 0.4) is 0 Å². The van der Waals surface area contributed by atoms with Crippen molar-refractivity contribution in [3.05, 3.63) is 24.2 Å². The first kappa shape index (κ1) is 13.8. The fourth-order valence-electron chi connectivity index (χ4n) is 2.20. The first-order chi connectivity index (χ1) is 8.02. The van der Waals surface area contributed by atoms with Gasteiger partial charge in [0, 0.05) is 18.4 Å². The van der Waals surface area contributed by atoms with Crippen LogP contribution in [0.25, 0.3) is 0 Å². The third-order valence-electron chi connectivity index (χ3n) is 3.08. The second kappa shape index (κ2) is 5.89. The maximum atomic E-state index is 6.21. The number of aromatic nitrogens is 2. The highest BCUT2D eigenvalue weighted by Crippen LogP contribution is 2.29. The molecule has 0 saturated heterocycles. The van der Waals surface area contributed by atoms with Crippen LogP contribution in [0.15, 0.2) is 12.7 Å². The molecule has 0 aromatic carbocycles. The molecule has 1 aromatic rings. The largest absolute Gasteiger partial charge is 0.384 e. The van der Waals surface area contributed by atoms with Gasteiger partial charge in [-0.1, -0.05) is 40.2 Å². The number of anilines is 1. The Morgan fingerprint density at radius 2 is 2.06 bits per heavy atom. The lowest BCUT2D eigenvalue weighted by molar-refractivity contribution is 0.647. The van der Waals surface area contributed by atoms with E-state index in [0.29, 0.717) is 11.8 Å². The van der Waals surface area contributed by atoms with Crippen LogP contribution < -0.4 is 5.73 Å².